The molecule has 0 aliphatic heterocycles. The summed E-state index contributed by atoms with van der Waals surface area (Å²) in [6, 6.07) is 0.442. The fraction of sp³-hybridized carbons (Fsp3) is 0.857. The highest BCUT2D eigenvalue weighted by Gasteiger charge is 2.13. The van der Waals surface area contributed by atoms with E-state index in [2.05, 4.69) is 29.3 Å². The zero-order valence-corrected chi connectivity index (χ0v) is 12.4. The Morgan fingerprint density at radius 1 is 1.32 bits per heavy atom. The third kappa shape index (κ3) is 6.68. The van der Waals surface area contributed by atoms with Crippen LogP contribution in [0.25, 0.3) is 0 Å². The minimum Gasteiger partial charge on any atom is -0.385 e. The molecule has 110 valence electrons. The first-order valence-electron chi connectivity index (χ1n) is 7.33. The van der Waals surface area contributed by atoms with Gasteiger partial charge < -0.3 is 14.6 Å². The van der Waals surface area contributed by atoms with E-state index < -0.39 is 0 Å². The Bertz CT molecular complexity index is 328. The lowest BCUT2D eigenvalue weighted by molar-refractivity contribution is 0.194. The van der Waals surface area contributed by atoms with Gasteiger partial charge in [-0.1, -0.05) is 25.4 Å². The molecule has 1 atom stereocenters. The molecule has 0 aliphatic rings. The van der Waals surface area contributed by atoms with Gasteiger partial charge >= 0.3 is 0 Å². The van der Waals surface area contributed by atoms with Crippen molar-refractivity contribution in [2.45, 2.75) is 58.4 Å². The Hall–Kier alpha value is -0.940. The number of hydrogen-bond acceptors (Lipinski definition) is 5. The number of aromatic nitrogens is 2. The van der Waals surface area contributed by atoms with Crippen molar-refractivity contribution in [3.63, 3.8) is 0 Å². The first-order valence-corrected chi connectivity index (χ1v) is 7.33. The van der Waals surface area contributed by atoms with Crippen molar-refractivity contribution in [3.8, 4) is 0 Å². The topological polar surface area (TPSA) is 60.2 Å². The molecule has 1 aromatic heterocycles. The Morgan fingerprint density at radius 3 is 2.84 bits per heavy atom. The SMILES string of the molecule is CCCNC(CCC)Cc1nc(CCCOC)no1. The van der Waals surface area contributed by atoms with Gasteiger partial charge in [0.05, 0.1) is 0 Å². The summed E-state index contributed by atoms with van der Waals surface area (Å²) in [5, 5.41) is 7.54. The van der Waals surface area contributed by atoms with Crippen molar-refractivity contribution >= 4 is 0 Å². The van der Waals surface area contributed by atoms with E-state index in [0.717, 1.165) is 63.4 Å². The van der Waals surface area contributed by atoms with Crippen LogP contribution >= 0.6 is 0 Å². The lowest BCUT2D eigenvalue weighted by Crippen LogP contribution is -2.31. The van der Waals surface area contributed by atoms with Crippen molar-refractivity contribution in [1.82, 2.24) is 15.5 Å². The maximum atomic E-state index is 5.31. The molecule has 0 saturated carbocycles. The molecule has 19 heavy (non-hydrogen) atoms. The zero-order chi connectivity index (χ0) is 13.9. The van der Waals surface area contributed by atoms with Crippen molar-refractivity contribution in [2.24, 2.45) is 0 Å². The molecular formula is C14H27N3O2. The summed E-state index contributed by atoms with van der Waals surface area (Å²) in [5.74, 6) is 1.53. The van der Waals surface area contributed by atoms with Gasteiger partial charge in [0.15, 0.2) is 5.82 Å². The van der Waals surface area contributed by atoms with E-state index >= 15 is 0 Å². The Kier molecular flexibility index (Phi) is 8.41. The average Bonchev–Trinajstić information content (AvgIpc) is 2.84. The molecule has 1 unspecified atom stereocenters. The molecular weight excluding hydrogens is 242 g/mol. The van der Waals surface area contributed by atoms with Crippen molar-refractivity contribution in [1.29, 1.82) is 0 Å². The number of aryl methyl sites for hydroxylation is 1. The van der Waals surface area contributed by atoms with Gasteiger partial charge in [-0.2, -0.15) is 4.98 Å². The van der Waals surface area contributed by atoms with Crippen molar-refractivity contribution in [3.05, 3.63) is 11.7 Å². The van der Waals surface area contributed by atoms with E-state index in [-0.39, 0.29) is 0 Å². The third-order valence-corrected chi connectivity index (χ3v) is 3.00. The van der Waals surface area contributed by atoms with Crippen LogP contribution in [0.4, 0.5) is 0 Å². The van der Waals surface area contributed by atoms with E-state index in [1.807, 2.05) is 0 Å². The van der Waals surface area contributed by atoms with Gasteiger partial charge in [-0.25, -0.2) is 0 Å². The second-order valence-electron chi connectivity index (χ2n) is 4.84. The highest BCUT2D eigenvalue weighted by atomic mass is 16.5. The van der Waals surface area contributed by atoms with Gasteiger partial charge in [-0.15, -0.1) is 0 Å². The lowest BCUT2D eigenvalue weighted by Gasteiger charge is -2.15. The molecule has 0 aromatic carbocycles. The largest absolute Gasteiger partial charge is 0.385 e. The minimum absolute atomic E-state index is 0.442. The number of methoxy groups -OCH3 is 1. The van der Waals surface area contributed by atoms with Crippen LogP contribution in [0.3, 0.4) is 0 Å². The molecule has 5 nitrogen and oxygen atoms in total. The second-order valence-corrected chi connectivity index (χ2v) is 4.84. The van der Waals surface area contributed by atoms with Crippen LogP contribution in [0.5, 0.6) is 0 Å². The molecule has 1 N–H and O–H groups in total. The van der Waals surface area contributed by atoms with Gasteiger partial charge in [0.25, 0.3) is 0 Å². The van der Waals surface area contributed by atoms with Gasteiger partial charge in [0.2, 0.25) is 5.89 Å². The summed E-state index contributed by atoms with van der Waals surface area (Å²) in [7, 11) is 1.70. The summed E-state index contributed by atoms with van der Waals surface area (Å²) >= 11 is 0. The predicted molar refractivity (Wildman–Crippen MR) is 75.2 cm³/mol. The predicted octanol–water partition coefficient (Wildman–Crippen LogP) is 2.36. The molecule has 1 heterocycles. The summed E-state index contributed by atoms with van der Waals surface area (Å²) in [5.41, 5.74) is 0. The molecule has 0 radical (unpaired) electrons. The Labute approximate surface area is 116 Å². The lowest BCUT2D eigenvalue weighted by atomic mass is 10.1. The number of rotatable bonds is 11. The Balaban J connectivity index is 2.40. The van der Waals surface area contributed by atoms with Crippen molar-refractivity contribution in [2.75, 3.05) is 20.3 Å². The first-order chi connectivity index (χ1) is 9.30. The maximum absolute atomic E-state index is 5.31. The standard InChI is InChI=1S/C14H27N3O2/c1-4-7-12(15-9-5-2)11-14-16-13(17-19-14)8-6-10-18-3/h12,15H,4-11H2,1-3H3. The van der Waals surface area contributed by atoms with Crippen LogP contribution in [0.1, 0.15) is 51.2 Å². The molecule has 1 aromatic rings. The monoisotopic (exact) mass is 269 g/mol. The van der Waals surface area contributed by atoms with Gasteiger partial charge in [-0.05, 0) is 25.8 Å². The fourth-order valence-corrected chi connectivity index (χ4v) is 2.03. The molecule has 0 saturated heterocycles. The molecule has 0 fully saturated rings. The molecule has 0 aliphatic carbocycles. The van der Waals surface area contributed by atoms with Crippen molar-refractivity contribution < 1.29 is 9.26 Å². The minimum atomic E-state index is 0.442. The first kappa shape index (κ1) is 16.1. The van der Waals surface area contributed by atoms with Crippen LogP contribution in [0.15, 0.2) is 4.52 Å². The summed E-state index contributed by atoms with van der Waals surface area (Å²) in [6.07, 6.45) is 6.02. The number of hydrogen-bond donors (Lipinski definition) is 1. The molecule has 5 heteroatoms. The zero-order valence-electron chi connectivity index (χ0n) is 12.4. The third-order valence-electron chi connectivity index (χ3n) is 3.00. The molecule has 0 bridgehead atoms. The van der Waals surface area contributed by atoms with Crippen LogP contribution in [-0.2, 0) is 17.6 Å². The highest BCUT2D eigenvalue weighted by Crippen LogP contribution is 2.07. The number of nitrogens with zero attached hydrogens (tertiary/aromatic N) is 2. The van der Waals surface area contributed by atoms with Crippen LogP contribution < -0.4 is 5.32 Å². The van der Waals surface area contributed by atoms with Gasteiger partial charge in [0.1, 0.15) is 0 Å². The molecule has 1 rings (SSSR count). The smallest absolute Gasteiger partial charge is 0.228 e. The van der Waals surface area contributed by atoms with Crippen LogP contribution in [0, 0.1) is 0 Å². The summed E-state index contributed by atoms with van der Waals surface area (Å²) < 4.78 is 10.3. The van der Waals surface area contributed by atoms with E-state index in [4.69, 9.17) is 9.26 Å². The van der Waals surface area contributed by atoms with E-state index in [1.54, 1.807) is 7.11 Å². The van der Waals surface area contributed by atoms with Gasteiger partial charge in [0, 0.05) is 32.6 Å². The number of nitrogens with one attached hydrogen (secondary N) is 1. The van der Waals surface area contributed by atoms with E-state index in [9.17, 15) is 0 Å². The van der Waals surface area contributed by atoms with Crippen LogP contribution in [0.2, 0.25) is 0 Å². The Morgan fingerprint density at radius 2 is 2.16 bits per heavy atom. The molecule has 0 amide bonds. The summed E-state index contributed by atoms with van der Waals surface area (Å²) in [4.78, 5) is 4.44. The van der Waals surface area contributed by atoms with E-state index in [1.165, 1.54) is 0 Å². The normalized spacial score (nSPS) is 12.8. The summed E-state index contributed by atoms with van der Waals surface area (Å²) in [6.45, 7) is 6.15. The van der Waals surface area contributed by atoms with Gasteiger partial charge in [-0.3, -0.25) is 0 Å². The maximum Gasteiger partial charge on any atom is 0.228 e. The highest BCUT2D eigenvalue weighted by molar-refractivity contribution is 4.89. The average molecular weight is 269 g/mol. The molecule has 0 spiro atoms. The number of ether oxygens (including phenoxy) is 1. The fourth-order valence-electron chi connectivity index (χ4n) is 2.03. The quantitative estimate of drug-likeness (QED) is 0.625. The second kappa shape index (κ2) is 9.92. The van der Waals surface area contributed by atoms with E-state index in [0.29, 0.717) is 6.04 Å². The van der Waals surface area contributed by atoms with Crippen LogP contribution in [-0.4, -0.2) is 36.4 Å².